The number of hydrogen-bond donors (Lipinski definition) is 1. The Bertz CT molecular complexity index is 324. The second-order valence-corrected chi connectivity index (χ2v) is 5.07. The zero-order valence-corrected chi connectivity index (χ0v) is 10.1. The summed E-state index contributed by atoms with van der Waals surface area (Å²) in [6.45, 7) is 2.90. The summed E-state index contributed by atoms with van der Waals surface area (Å²) in [5.41, 5.74) is -1.02. The first-order valence-corrected chi connectivity index (χ1v) is 6.19. The molecular formula is C12H19NO4. The molecule has 5 nitrogen and oxygen atoms in total. The Morgan fingerprint density at radius 2 is 2.24 bits per heavy atom. The molecule has 2 heterocycles. The van der Waals surface area contributed by atoms with E-state index < -0.39 is 11.5 Å². The van der Waals surface area contributed by atoms with Crippen LogP contribution in [0.1, 0.15) is 39.0 Å². The highest BCUT2D eigenvalue weighted by atomic mass is 16.5. The highest BCUT2D eigenvalue weighted by molar-refractivity contribution is 5.87. The van der Waals surface area contributed by atoms with E-state index in [9.17, 15) is 14.7 Å². The molecule has 96 valence electrons. The molecular weight excluding hydrogens is 222 g/mol. The zero-order valence-electron chi connectivity index (χ0n) is 10.1. The molecule has 2 rings (SSSR count). The van der Waals surface area contributed by atoms with E-state index in [1.807, 2.05) is 0 Å². The van der Waals surface area contributed by atoms with Crippen molar-refractivity contribution in [3.63, 3.8) is 0 Å². The van der Waals surface area contributed by atoms with Gasteiger partial charge in [-0.2, -0.15) is 0 Å². The number of aliphatic carboxylic acids is 1. The van der Waals surface area contributed by atoms with Crippen LogP contribution in [0.3, 0.4) is 0 Å². The van der Waals surface area contributed by atoms with Gasteiger partial charge in [-0.3, -0.25) is 4.79 Å². The Labute approximate surface area is 101 Å². The Balaban J connectivity index is 2.00. The van der Waals surface area contributed by atoms with Crippen LogP contribution in [0, 0.1) is 0 Å². The number of ether oxygens (including phenoxy) is 1. The van der Waals surface area contributed by atoms with Crippen LogP contribution < -0.4 is 0 Å². The first-order valence-electron chi connectivity index (χ1n) is 6.19. The quantitative estimate of drug-likeness (QED) is 0.801. The molecule has 17 heavy (non-hydrogen) atoms. The van der Waals surface area contributed by atoms with Crippen molar-refractivity contribution in [1.29, 1.82) is 0 Å². The lowest BCUT2D eigenvalue weighted by molar-refractivity contribution is -0.156. The van der Waals surface area contributed by atoms with E-state index in [-0.39, 0.29) is 12.0 Å². The van der Waals surface area contributed by atoms with Crippen LogP contribution in [0.25, 0.3) is 0 Å². The van der Waals surface area contributed by atoms with Crippen LogP contribution in [-0.2, 0) is 14.3 Å². The van der Waals surface area contributed by atoms with Gasteiger partial charge in [-0.05, 0) is 32.6 Å². The average molecular weight is 241 g/mol. The van der Waals surface area contributed by atoms with Gasteiger partial charge in [0.1, 0.15) is 5.54 Å². The molecule has 2 aliphatic heterocycles. The second kappa shape index (κ2) is 4.64. The fourth-order valence-electron chi connectivity index (χ4n) is 2.70. The van der Waals surface area contributed by atoms with Gasteiger partial charge in [0.25, 0.3) is 0 Å². The maximum absolute atomic E-state index is 12.1. The van der Waals surface area contributed by atoms with Gasteiger partial charge in [0.15, 0.2) is 0 Å². The van der Waals surface area contributed by atoms with Gasteiger partial charge in [-0.15, -0.1) is 0 Å². The lowest BCUT2D eigenvalue weighted by atomic mass is 9.98. The first kappa shape index (κ1) is 12.4. The van der Waals surface area contributed by atoms with Crippen molar-refractivity contribution in [3.8, 4) is 0 Å². The number of likely N-dealkylation sites (tertiary alicyclic amines) is 1. The van der Waals surface area contributed by atoms with Crippen molar-refractivity contribution in [2.75, 3.05) is 13.2 Å². The summed E-state index contributed by atoms with van der Waals surface area (Å²) in [5.74, 6) is -0.991. The molecule has 1 amide bonds. The van der Waals surface area contributed by atoms with E-state index in [2.05, 4.69) is 0 Å². The average Bonchev–Trinajstić information content (AvgIpc) is 2.87. The number of carbonyl (C=O) groups excluding carboxylic acids is 1. The van der Waals surface area contributed by atoms with E-state index in [4.69, 9.17) is 4.74 Å². The van der Waals surface area contributed by atoms with Crippen molar-refractivity contribution in [3.05, 3.63) is 0 Å². The first-order chi connectivity index (χ1) is 8.04. The maximum atomic E-state index is 12.1. The van der Waals surface area contributed by atoms with Crippen LogP contribution >= 0.6 is 0 Å². The van der Waals surface area contributed by atoms with Crippen LogP contribution in [0.5, 0.6) is 0 Å². The largest absolute Gasteiger partial charge is 0.480 e. The summed E-state index contributed by atoms with van der Waals surface area (Å²) < 4.78 is 5.42. The minimum Gasteiger partial charge on any atom is -0.480 e. The fourth-order valence-corrected chi connectivity index (χ4v) is 2.70. The van der Waals surface area contributed by atoms with Crippen LogP contribution in [0.15, 0.2) is 0 Å². The Morgan fingerprint density at radius 1 is 1.47 bits per heavy atom. The van der Waals surface area contributed by atoms with E-state index >= 15 is 0 Å². The predicted octanol–water partition coefficient (Wildman–Crippen LogP) is 1.02. The molecule has 2 fully saturated rings. The highest BCUT2D eigenvalue weighted by Crippen LogP contribution is 2.30. The maximum Gasteiger partial charge on any atom is 0.329 e. The molecule has 5 heteroatoms. The van der Waals surface area contributed by atoms with E-state index in [1.165, 1.54) is 4.90 Å². The number of hydrogen-bond acceptors (Lipinski definition) is 3. The van der Waals surface area contributed by atoms with Crippen molar-refractivity contribution in [2.24, 2.45) is 0 Å². The molecule has 1 N–H and O–H groups in total. The van der Waals surface area contributed by atoms with Gasteiger partial charge in [-0.1, -0.05) is 0 Å². The van der Waals surface area contributed by atoms with Gasteiger partial charge in [0, 0.05) is 13.2 Å². The zero-order chi connectivity index (χ0) is 12.5. The molecule has 0 bridgehead atoms. The molecule has 2 saturated heterocycles. The van der Waals surface area contributed by atoms with E-state index in [0.29, 0.717) is 26.0 Å². The van der Waals surface area contributed by atoms with Gasteiger partial charge >= 0.3 is 5.97 Å². The molecule has 2 aliphatic rings. The normalized spacial score (nSPS) is 33.0. The van der Waals surface area contributed by atoms with Crippen molar-refractivity contribution < 1.29 is 19.4 Å². The number of rotatable bonds is 3. The molecule has 0 aromatic carbocycles. The minimum absolute atomic E-state index is 0.0128. The Morgan fingerprint density at radius 3 is 2.82 bits per heavy atom. The van der Waals surface area contributed by atoms with Crippen molar-refractivity contribution >= 4 is 11.9 Å². The number of carboxylic acid groups (broad SMARTS) is 1. The van der Waals surface area contributed by atoms with Crippen LogP contribution in [0.4, 0.5) is 0 Å². The molecule has 0 aromatic heterocycles. The van der Waals surface area contributed by atoms with Crippen molar-refractivity contribution in [1.82, 2.24) is 4.90 Å². The molecule has 2 unspecified atom stereocenters. The van der Waals surface area contributed by atoms with Gasteiger partial charge in [-0.25, -0.2) is 4.79 Å². The number of carbonyl (C=O) groups is 2. The summed E-state index contributed by atoms with van der Waals surface area (Å²) in [4.78, 5) is 24.9. The Hall–Kier alpha value is -1.10. The summed E-state index contributed by atoms with van der Waals surface area (Å²) in [5, 5.41) is 9.23. The number of carboxylic acids is 1. The number of amides is 1. The molecule has 0 aromatic rings. The summed E-state index contributed by atoms with van der Waals surface area (Å²) in [6, 6.07) is 0. The van der Waals surface area contributed by atoms with Crippen LogP contribution in [0.2, 0.25) is 0 Å². The SMILES string of the molecule is CC1(C(=O)O)CCCN1C(=O)CC1CCCO1. The van der Waals surface area contributed by atoms with Crippen LogP contribution in [-0.4, -0.2) is 46.7 Å². The topological polar surface area (TPSA) is 66.8 Å². The molecule has 0 aliphatic carbocycles. The van der Waals surface area contributed by atoms with E-state index in [1.54, 1.807) is 6.92 Å². The lowest BCUT2D eigenvalue weighted by Gasteiger charge is -2.31. The lowest BCUT2D eigenvalue weighted by Crippen LogP contribution is -2.51. The monoisotopic (exact) mass is 241 g/mol. The summed E-state index contributed by atoms with van der Waals surface area (Å²) in [6.07, 6.45) is 3.51. The molecule has 0 saturated carbocycles. The second-order valence-electron chi connectivity index (χ2n) is 5.07. The summed E-state index contributed by atoms with van der Waals surface area (Å²) in [7, 11) is 0. The molecule has 0 spiro atoms. The number of nitrogens with zero attached hydrogens (tertiary/aromatic N) is 1. The smallest absolute Gasteiger partial charge is 0.329 e. The molecule has 2 atom stereocenters. The third-order valence-corrected chi connectivity index (χ3v) is 3.83. The molecule has 0 radical (unpaired) electrons. The van der Waals surface area contributed by atoms with Gasteiger partial charge in [0.2, 0.25) is 5.91 Å². The highest BCUT2D eigenvalue weighted by Gasteiger charge is 2.46. The van der Waals surface area contributed by atoms with E-state index in [0.717, 1.165) is 19.3 Å². The van der Waals surface area contributed by atoms with Crippen molar-refractivity contribution in [2.45, 2.75) is 50.7 Å². The minimum atomic E-state index is -1.02. The third-order valence-electron chi connectivity index (χ3n) is 3.83. The fraction of sp³-hybridized carbons (Fsp3) is 0.833. The van der Waals surface area contributed by atoms with Gasteiger partial charge in [0.05, 0.1) is 12.5 Å². The Kier molecular flexibility index (Phi) is 3.38. The standard InChI is InChI=1S/C12H19NO4/c1-12(11(15)16)5-3-6-13(12)10(14)8-9-4-2-7-17-9/h9H,2-8H2,1H3,(H,15,16). The third kappa shape index (κ3) is 2.29. The van der Waals surface area contributed by atoms with Gasteiger partial charge < -0.3 is 14.7 Å². The summed E-state index contributed by atoms with van der Waals surface area (Å²) >= 11 is 0. The predicted molar refractivity (Wildman–Crippen MR) is 60.6 cm³/mol.